The van der Waals surface area contributed by atoms with E-state index >= 15 is 0 Å². The molecule has 2 aromatic rings. The minimum absolute atomic E-state index is 0.0883. The number of nitrogens with two attached hydrogens (primary N) is 1. The largest absolute Gasteiger partial charge is 0.496 e. The van der Waals surface area contributed by atoms with Crippen LogP contribution in [0, 0.1) is 0 Å². The molecule has 2 N–H and O–H groups in total. The Kier molecular flexibility index (Phi) is 6.27. The maximum absolute atomic E-state index is 12.2. The maximum atomic E-state index is 12.2. The number of hydrogen-bond acceptors (Lipinski definition) is 6. The minimum Gasteiger partial charge on any atom is -0.496 e. The lowest BCUT2D eigenvalue weighted by Gasteiger charge is -2.11. The van der Waals surface area contributed by atoms with Gasteiger partial charge >= 0.3 is 5.97 Å². The lowest BCUT2D eigenvalue weighted by atomic mass is 10.1. The Hall–Kier alpha value is -2.25. The summed E-state index contributed by atoms with van der Waals surface area (Å²) >= 11 is 9.22. The fourth-order valence-electron chi connectivity index (χ4n) is 2.03. The van der Waals surface area contributed by atoms with Crippen LogP contribution in [0.1, 0.15) is 20.7 Å². The number of ether oxygens (including phenoxy) is 3. The quantitative estimate of drug-likeness (QED) is 0.428. The molecule has 0 aliphatic heterocycles. The van der Waals surface area contributed by atoms with E-state index in [0.29, 0.717) is 15.8 Å². The highest BCUT2D eigenvalue weighted by atomic mass is 79.9. The second kappa shape index (κ2) is 8.22. The van der Waals surface area contributed by atoms with Crippen LogP contribution in [0.4, 0.5) is 5.69 Å². The number of carbonyl (C=O) groups is 2. The molecule has 132 valence electrons. The molecule has 0 saturated carbocycles. The van der Waals surface area contributed by atoms with Crippen molar-refractivity contribution in [1.82, 2.24) is 0 Å². The van der Waals surface area contributed by atoms with Crippen molar-refractivity contribution in [1.29, 1.82) is 0 Å². The zero-order chi connectivity index (χ0) is 18.6. The van der Waals surface area contributed by atoms with Gasteiger partial charge in [-0.1, -0.05) is 11.6 Å². The molecule has 6 nitrogen and oxygen atoms in total. The Morgan fingerprint density at radius 3 is 2.40 bits per heavy atom. The predicted molar refractivity (Wildman–Crippen MR) is 97.7 cm³/mol. The van der Waals surface area contributed by atoms with E-state index in [9.17, 15) is 9.59 Å². The van der Waals surface area contributed by atoms with Gasteiger partial charge in [0.15, 0.2) is 12.4 Å². The number of anilines is 1. The number of ketones is 1. The lowest BCUT2D eigenvalue weighted by molar-refractivity contribution is 0.0471. The Balaban J connectivity index is 2.11. The van der Waals surface area contributed by atoms with E-state index in [0.717, 1.165) is 0 Å². The van der Waals surface area contributed by atoms with Crippen molar-refractivity contribution in [2.24, 2.45) is 0 Å². The van der Waals surface area contributed by atoms with E-state index in [4.69, 9.17) is 31.5 Å². The SMILES string of the molecule is COc1ccc(C(=O)COC(=O)c2cc(Cl)c(N)cc2OC)cc1Br. The molecule has 0 saturated heterocycles. The highest BCUT2D eigenvalue weighted by Crippen LogP contribution is 2.29. The lowest BCUT2D eigenvalue weighted by Crippen LogP contribution is -2.15. The summed E-state index contributed by atoms with van der Waals surface area (Å²) < 4.78 is 15.9. The first kappa shape index (κ1) is 19.1. The van der Waals surface area contributed by atoms with Crippen LogP contribution in [0.25, 0.3) is 0 Å². The molecule has 8 heteroatoms. The van der Waals surface area contributed by atoms with E-state index in [1.807, 2.05) is 0 Å². The second-order valence-electron chi connectivity index (χ2n) is 4.92. The van der Waals surface area contributed by atoms with Crippen LogP contribution in [0.2, 0.25) is 5.02 Å². The molecule has 2 aromatic carbocycles. The van der Waals surface area contributed by atoms with Crippen LogP contribution in [-0.4, -0.2) is 32.6 Å². The zero-order valence-electron chi connectivity index (χ0n) is 13.5. The normalized spacial score (nSPS) is 10.2. The van der Waals surface area contributed by atoms with E-state index in [2.05, 4.69) is 15.9 Å². The molecule has 0 atom stereocenters. The van der Waals surface area contributed by atoms with Gasteiger partial charge in [0, 0.05) is 11.6 Å². The first-order valence-corrected chi connectivity index (χ1v) is 8.21. The van der Waals surface area contributed by atoms with E-state index in [1.54, 1.807) is 18.2 Å². The average molecular weight is 429 g/mol. The standard InChI is InChI=1S/C17H15BrClNO5/c1-23-15-4-3-9(5-11(15)18)14(21)8-25-17(22)10-6-12(19)13(20)7-16(10)24-2/h3-7H,8,20H2,1-2H3. The Morgan fingerprint density at radius 1 is 1.12 bits per heavy atom. The van der Waals surface area contributed by atoms with Gasteiger partial charge in [-0.25, -0.2) is 4.79 Å². The van der Waals surface area contributed by atoms with Gasteiger partial charge in [0.25, 0.3) is 0 Å². The summed E-state index contributed by atoms with van der Waals surface area (Å²) in [4.78, 5) is 24.4. The number of hydrogen-bond donors (Lipinski definition) is 1. The van der Waals surface area contributed by atoms with Gasteiger partial charge in [0.05, 0.1) is 29.4 Å². The molecule has 0 aliphatic rings. The minimum atomic E-state index is -0.736. The number of methoxy groups -OCH3 is 2. The monoisotopic (exact) mass is 427 g/mol. The molecular weight excluding hydrogens is 414 g/mol. The summed E-state index contributed by atoms with van der Waals surface area (Å²) in [5.74, 6) is -0.293. The molecule has 0 fully saturated rings. The van der Waals surface area contributed by atoms with Gasteiger partial charge < -0.3 is 19.9 Å². The molecule has 2 rings (SSSR count). The predicted octanol–water partition coefficient (Wildman–Crippen LogP) is 3.74. The van der Waals surface area contributed by atoms with Crippen molar-refractivity contribution in [2.45, 2.75) is 0 Å². The molecule has 0 amide bonds. The number of benzene rings is 2. The molecule has 0 heterocycles. The average Bonchev–Trinajstić information content (AvgIpc) is 2.61. The molecular formula is C17H15BrClNO5. The zero-order valence-corrected chi connectivity index (χ0v) is 15.8. The van der Waals surface area contributed by atoms with Crippen LogP contribution in [0.15, 0.2) is 34.8 Å². The number of halogens is 2. The van der Waals surface area contributed by atoms with Crippen LogP contribution in [0.3, 0.4) is 0 Å². The number of carbonyl (C=O) groups excluding carboxylic acids is 2. The van der Waals surface area contributed by atoms with Crippen molar-refractivity contribution in [2.75, 3.05) is 26.6 Å². The summed E-state index contributed by atoms with van der Waals surface area (Å²) in [6.45, 7) is -0.428. The van der Waals surface area contributed by atoms with Crippen LogP contribution in [-0.2, 0) is 4.74 Å². The molecule has 0 aromatic heterocycles. The highest BCUT2D eigenvalue weighted by Gasteiger charge is 2.18. The molecule has 0 aliphatic carbocycles. The third kappa shape index (κ3) is 4.43. The van der Waals surface area contributed by atoms with E-state index in [1.165, 1.54) is 26.4 Å². The second-order valence-corrected chi connectivity index (χ2v) is 6.18. The topological polar surface area (TPSA) is 87.9 Å². The third-order valence-electron chi connectivity index (χ3n) is 3.35. The Morgan fingerprint density at radius 2 is 1.80 bits per heavy atom. The number of rotatable bonds is 6. The van der Waals surface area contributed by atoms with Crippen molar-refractivity contribution < 1.29 is 23.8 Å². The van der Waals surface area contributed by atoms with Crippen LogP contribution >= 0.6 is 27.5 Å². The van der Waals surface area contributed by atoms with Gasteiger partial charge in [-0.15, -0.1) is 0 Å². The Bertz CT molecular complexity index is 825. The van der Waals surface area contributed by atoms with Crippen molar-refractivity contribution in [3.63, 3.8) is 0 Å². The summed E-state index contributed by atoms with van der Waals surface area (Å²) in [6.07, 6.45) is 0. The highest BCUT2D eigenvalue weighted by molar-refractivity contribution is 9.10. The summed E-state index contributed by atoms with van der Waals surface area (Å²) in [7, 11) is 2.91. The summed E-state index contributed by atoms with van der Waals surface area (Å²) in [5, 5.41) is 0.193. The third-order valence-corrected chi connectivity index (χ3v) is 4.29. The first-order chi connectivity index (χ1) is 11.9. The Labute approximate surface area is 157 Å². The first-order valence-electron chi connectivity index (χ1n) is 7.04. The molecule has 25 heavy (non-hydrogen) atoms. The molecule has 0 unspecified atom stereocenters. The van der Waals surface area contributed by atoms with Gasteiger partial charge in [-0.3, -0.25) is 4.79 Å². The van der Waals surface area contributed by atoms with Crippen LogP contribution < -0.4 is 15.2 Å². The molecule has 0 spiro atoms. The maximum Gasteiger partial charge on any atom is 0.342 e. The fraction of sp³-hybridized carbons (Fsp3) is 0.176. The summed E-state index contributed by atoms with van der Waals surface area (Å²) in [5.41, 5.74) is 6.41. The number of esters is 1. The smallest absolute Gasteiger partial charge is 0.342 e. The molecule has 0 radical (unpaired) electrons. The van der Waals surface area contributed by atoms with E-state index < -0.39 is 12.6 Å². The summed E-state index contributed by atoms with van der Waals surface area (Å²) in [6, 6.07) is 7.58. The number of Topliss-reactive ketones (excluding diaryl/α,β-unsaturated/α-hetero) is 1. The molecule has 0 bridgehead atoms. The van der Waals surface area contributed by atoms with Crippen molar-refractivity contribution in [3.05, 3.63) is 51.0 Å². The van der Waals surface area contributed by atoms with E-state index in [-0.39, 0.29) is 27.8 Å². The van der Waals surface area contributed by atoms with Gasteiger partial charge in [0.2, 0.25) is 0 Å². The van der Waals surface area contributed by atoms with Gasteiger partial charge in [0.1, 0.15) is 17.1 Å². The van der Waals surface area contributed by atoms with Gasteiger partial charge in [-0.2, -0.15) is 0 Å². The number of nitrogen functional groups attached to an aromatic ring is 1. The van der Waals surface area contributed by atoms with Crippen LogP contribution in [0.5, 0.6) is 11.5 Å². The fourth-order valence-corrected chi connectivity index (χ4v) is 2.73. The van der Waals surface area contributed by atoms with Crippen molar-refractivity contribution in [3.8, 4) is 11.5 Å². The van der Waals surface area contributed by atoms with Crippen molar-refractivity contribution >= 4 is 45.0 Å². The van der Waals surface area contributed by atoms with Gasteiger partial charge in [-0.05, 0) is 40.2 Å².